The Hall–Kier alpha value is -1.79. The van der Waals surface area contributed by atoms with Gasteiger partial charge in [0.1, 0.15) is 5.82 Å². The monoisotopic (exact) mass is 301 g/mol. The summed E-state index contributed by atoms with van der Waals surface area (Å²) in [5.74, 6) is -1.05. The Morgan fingerprint density at radius 2 is 1.84 bits per heavy atom. The lowest BCUT2D eigenvalue weighted by atomic mass is 10.3. The highest BCUT2D eigenvalue weighted by Gasteiger charge is 2.17. The van der Waals surface area contributed by atoms with Crippen molar-refractivity contribution < 1.29 is 17.9 Å². The summed E-state index contributed by atoms with van der Waals surface area (Å²) in [6.07, 6.45) is 0. The van der Waals surface area contributed by atoms with Crippen LogP contribution in [0, 0.1) is 5.82 Å². The first-order chi connectivity index (χ1) is 8.90. The summed E-state index contributed by atoms with van der Waals surface area (Å²) in [5, 5.41) is 9.64. The first-order valence-electron chi connectivity index (χ1n) is 5.16. The first-order valence-corrected chi connectivity index (χ1v) is 7.02. The Bertz CT molecular complexity index is 719. The highest BCUT2D eigenvalue weighted by molar-refractivity contribution is 7.92. The lowest BCUT2D eigenvalue weighted by molar-refractivity contribution is 0.478. The fourth-order valence-electron chi connectivity index (χ4n) is 1.44. The molecule has 4 nitrogen and oxygen atoms in total. The van der Waals surface area contributed by atoms with E-state index < -0.39 is 15.8 Å². The van der Waals surface area contributed by atoms with E-state index in [2.05, 4.69) is 4.72 Å². The number of benzene rings is 2. The number of para-hydroxylation sites is 1. The third-order valence-electron chi connectivity index (χ3n) is 2.34. The van der Waals surface area contributed by atoms with Gasteiger partial charge in [-0.2, -0.15) is 0 Å². The summed E-state index contributed by atoms with van der Waals surface area (Å²) < 4.78 is 39.1. The molecule has 7 heteroatoms. The highest BCUT2D eigenvalue weighted by Crippen LogP contribution is 2.32. The molecule has 0 atom stereocenters. The maximum atomic E-state index is 13.0. The van der Waals surface area contributed by atoms with E-state index in [1.807, 2.05) is 0 Å². The molecule has 0 aliphatic carbocycles. The van der Waals surface area contributed by atoms with Crippen LogP contribution in [0.1, 0.15) is 0 Å². The van der Waals surface area contributed by atoms with Crippen molar-refractivity contribution in [3.8, 4) is 5.75 Å². The summed E-state index contributed by atoms with van der Waals surface area (Å²) in [6.45, 7) is 0. The predicted octanol–water partition coefficient (Wildman–Crippen LogP) is 2.99. The van der Waals surface area contributed by atoms with Gasteiger partial charge in [-0.1, -0.05) is 23.7 Å². The number of sulfonamides is 1. The molecule has 0 amide bonds. The normalized spacial score (nSPS) is 11.3. The average molecular weight is 302 g/mol. The topological polar surface area (TPSA) is 66.4 Å². The fraction of sp³-hybridized carbons (Fsp3) is 0. The zero-order valence-electron chi connectivity index (χ0n) is 9.47. The molecule has 2 rings (SSSR count). The van der Waals surface area contributed by atoms with Crippen molar-refractivity contribution in [2.75, 3.05) is 4.72 Å². The van der Waals surface area contributed by atoms with Crippen molar-refractivity contribution in [1.82, 2.24) is 0 Å². The maximum absolute atomic E-state index is 13.0. The Kier molecular flexibility index (Phi) is 3.64. The molecule has 0 fully saturated rings. The molecule has 0 aliphatic heterocycles. The van der Waals surface area contributed by atoms with Crippen LogP contribution in [0.2, 0.25) is 5.02 Å². The van der Waals surface area contributed by atoms with Gasteiger partial charge in [0.15, 0.2) is 5.75 Å². The minimum absolute atomic E-state index is 0.0134. The summed E-state index contributed by atoms with van der Waals surface area (Å²) in [6, 6.07) is 8.77. The number of halogens is 2. The van der Waals surface area contributed by atoms with Crippen LogP contribution in [0.5, 0.6) is 5.75 Å². The van der Waals surface area contributed by atoms with Gasteiger partial charge < -0.3 is 5.11 Å². The summed E-state index contributed by atoms with van der Waals surface area (Å²) >= 11 is 5.67. The molecule has 0 heterocycles. The Labute approximate surface area is 114 Å². The maximum Gasteiger partial charge on any atom is 0.262 e. The molecule has 0 aliphatic rings. The number of nitrogens with one attached hydrogen (secondary N) is 1. The molecule has 2 aromatic rings. The second-order valence-corrected chi connectivity index (χ2v) is 5.79. The fourth-order valence-corrected chi connectivity index (χ4v) is 2.71. The van der Waals surface area contributed by atoms with E-state index >= 15 is 0 Å². The molecule has 0 saturated carbocycles. The van der Waals surface area contributed by atoms with Gasteiger partial charge in [-0.25, -0.2) is 12.8 Å². The van der Waals surface area contributed by atoms with Crippen LogP contribution in [-0.4, -0.2) is 13.5 Å². The lowest BCUT2D eigenvalue weighted by Crippen LogP contribution is -2.13. The highest BCUT2D eigenvalue weighted by atomic mass is 35.5. The van der Waals surface area contributed by atoms with Crippen molar-refractivity contribution in [1.29, 1.82) is 0 Å². The quantitative estimate of drug-likeness (QED) is 0.857. The zero-order valence-corrected chi connectivity index (χ0v) is 11.0. The standard InChI is InChI=1S/C12H9ClFNO3S/c13-10-5-2-6-11(12(10)16)15-19(17,18)9-4-1-3-8(14)7-9/h1-7,15-16H. The summed E-state index contributed by atoms with van der Waals surface area (Å²) in [5.41, 5.74) is -0.0724. The largest absolute Gasteiger partial charge is 0.504 e. The van der Waals surface area contributed by atoms with E-state index in [-0.39, 0.29) is 21.4 Å². The van der Waals surface area contributed by atoms with Crippen molar-refractivity contribution in [2.24, 2.45) is 0 Å². The molecule has 2 N–H and O–H groups in total. The number of anilines is 1. The van der Waals surface area contributed by atoms with E-state index in [0.717, 1.165) is 12.1 Å². The van der Waals surface area contributed by atoms with Gasteiger partial charge >= 0.3 is 0 Å². The Morgan fingerprint density at radius 3 is 2.53 bits per heavy atom. The molecule has 2 aromatic carbocycles. The first kappa shape index (κ1) is 13.6. The summed E-state index contributed by atoms with van der Waals surface area (Å²) in [4.78, 5) is -0.244. The number of hydrogen-bond acceptors (Lipinski definition) is 3. The number of phenolic OH excluding ortho intramolecular Hbond substituents is 1. The second kappa shape index (κ2) is 5.07. The van der Waals surface area contributed by atoms with Gasteiger partial charge in [-0.15, -0.1) is 0 Å². The van der Waals surface area contributed by atoms with Crippen molar-refractivity contribution >= 4 is 27.3 Å². The molecule has 0 unspecified atom stereocenters. The van der Waals surface area contributed by atoms with Crippen LogP contribution in [0.15, 0.2) is 47.4 Å². The van der Waals surface area contributed by atoms with Gasteiger partial charge in [0, 0.05) is 0 Å². The molecule has 0 bridgehead atoms. The number of phenols is 1. The third kappa shape index (κ3) is 2.97. The molecular weight excluding hydrogens is 293 g/mol. The van der Waals surface area contributed by atoms with Gasteiger partial charge in [0.2, 0.25) is 0 Å². The molecule has 100 valence electrons. The Morgan fingerprint density at radius 1 is 1.16 bits per heavy atom. The summed E-state index contributed by atoms with van der Waals surface area (Å²) in [7, 11) is -3.98. The van der Waals surface area contributed by atoms with E-state index in [1.165, 1.54) is 30.3 Å². The number of aromatic hydroxyl groups is 1. The number of hydrogen-bond donors (Lipinski definition) is 2. The smallest absolute Gasteiger partial charge is 0.262 e. The van der Waals surface area contributed by atoms with Gasteiger partial charge in [0.05, 0.1) is 15.6 Å². The average Bonchev–Trinajstić information content (AvgIpc) is 2.35. The molecule has 19 heavy (non-hydrogen) atoms. The van der Waals surface area contributed by atoms with Crippen LogP contribution in [0.4, 0.5) is 10.1 Å². The molecule has 0 radical (unpaired) electrons. The van der Waals surface area contributed by atoms with Crippen molar-refractivity contribution in [3.05, 3.63) is 53.3 Å². The molecule has 0 spiro atoms. The zero-order chi connectivity index (χ0) is 14.0. The van der Waals surface area contributed by atoms with E-state index in [0.29, 0.717) is 0 Å². The van der Waals surface area contributed by atoms with Gasteiger partial charge in [0.25, 0.3) is 10.0 Å². The SMILES string of the molecule is O=S(=O)(Nc1cccc(Cl)c1O)c1cccc(F)c1. The molecule has 0 saturated heterocycles. The van der Waals surface area contributed by atoms with Crippen LogP contribution < -0.4 is 4.72 Å². The minimum atomic E-state index is -3.98. The number of rotatable bonds is 3. The van der Waals surface area contributed by atoms with E-state index in [4.69, 9.17) is 11.6 Å². The Balaban J connectivity index is 2.39. The van der Waals surface area contributed by atoms with Crippen LogP contribution >= 0.6 is 11.6 Å². The van der Waals surface area contributed by atoms with Crippen molar-refractivity contribution in [3.63, 3.8) is 0 Å². The van der Waals surface area contributed by atoms with Crippen LogP contribution in [0.25, 0.3) is 0 Å². The lowest BCUT2D eigenvalue weighted by Gasteiger charge is -2.10. The predicted molar refractivity (Wildman–Crippen MR) is 70.3 cm³/mol. The van der Waals surface area contributed by atoms with Crippen LogP contribution in [0.3, 0.4) is 0 Å². The minimum Gasteiger partial charge on any atom is -0.504 e. The third-order valence-corrected chi connectivity index (χ3v) is 4.01. The van der Waals surface area contributed by atoms with E-state index in [9.17, 15) is 17.9 Å². The van der Waals surface area contributed by atoms with Crippen LogP contribution in [-0.2, 0) is 10.0 Å². The molecule has 0 aromatic heterocycles. The molecular formula is C12H9ClFNO3S. The van der Waals surface area contributed by atoms with E-state index in [1.54, 1.807) is 0 Å². The second-order valence-electron chi connectivity index (χ2n) is 3.70. The van der Waals surface area contributed by atoms with Gasteiger partial charge in [-0.3, -0.25) is 4.72 Å². The van der Waals surface area contributed by atoms with Gasteiger partial charge in [-0.05, 0) is 30.3 Å². The van der Waals surface area contributed by atoms with Crippen molar-refractivity contribution in [2.45, 2.75) is 4.90 Å².